The molecule has 0 saturated heterocycles. The van der Waals surface area contributed by atoms with Crippen molar-refractivity contribution in [3.05, 3.63) is 42.0 Å². The summed E-state index contributed by atoms with van der Waals surface area (Å²) in [6.07, 6.45) is 0. The fourth-order valence-corrected chi connectivity index (χ4v) is 0.919. The molecular weight excluding hydrogens is 150 g/mol. The summed E-state index contributed by atoms with van der Waals surface area (Å²) in [5.74, 6) is 0.0594. The minimum absolute atomic E-state index is 0.0594. The number of carbonyl (C=O) groups is 1. The monoisotopic (exact) mass is 161 g/mol. The number of hydrogen-bond donors (Lipinski definition) is 1. The Labute approximate surface area is 71.7 Å². The van der Waals surface area contributed by atoms with Crippen molar-refractivity contribution < 1.29 is 4.79 Å². The molecule has 0 atom stereocenters. The molecule has 62 valence electrons. The molecule has 12 heavy (non-hydrogen) atoms. The highest BCUT2D eigenvalue weighted by molar-refractivity contribution is 5.94. The van der Waals surface area contributed by atoms with Gasteiger partial charge in [0, 0.05) is 11.3 Å². The summed E-state index contributed by atoms with van der Waals surface area (Å²) in [5, 5.41) is 0. The molecule has 1 aromatic rings. The van der Waals surface area contributed by atoms with Crippen molar-refractivity contribution in [3.8, 4) is 0 Å². The third-order valence-corrected chi connectivity index (χ3v) is 1.66. The van der Waals surface area contributed by atoms with E-state index in [2.05, 4.69) is 6.58 Å². The van der Waals surface area contributed by atoms with Crippen LogP contribution in [-0.4, -0.2) is 5.78 Å². The molecule has 0 saturated carbocycles. The molecule has 0 heterocycles. The molecule has 0 amide bonds. The first-order valence-corrected chi connectivity index (χ1v) is 3.67. The van der Waals surface area contributed by atoms with Crippen molar-refractivity contribution in [2.75, 3.05) is 0 Å². The molecule has 1 rings (SSSR count). The Balaban J connectivity index is 3.01. The Kier molecular flexibility index (Phi) is 2.29. The van der Waals surface area contributed by atoms with Gasteiger partial charge in [0.05, 0.1) is 0 Å². The van der Waals surface area contributed by atoms with Crippen LogP contribution in [0.25, 0.3) is 5.70 Å². The van der Waals surface area contributed by atoms with Gasteiger partial charge < -0.3 is 5.73 Å². The summed E-state index contributed by atoms with van der Waals surface area (Å²) in [7, 11) is 0. The molecule has 0 fully saturated rings. The van der Waals surface area contributed by atoms with E-state index >= 15 is 0 Å². The number of benzene rings is 1. The molecule has 2 N–H and O–H groups in total. The molecule has 0 spiro atoms. The zero-order valence-corrected chi connectivity index (χ0v) is 7.00. The predicted octanol–water partition coefficient (Wildman–Crippen LogP) is 1.82. The van der Waals surface area contributed by atoms with Crippen molar-refractivity contribution >= 4 is 11.5 Å². The van der Waals surface area contributed by atoms with E-state index in [0.29, 0.717) is 11.3 Å². The topological polar surface area (TPSA) is 43.1 Å². The van der Waals surface area contributed by atoms with Crippen molar-refractivity contribution in [1.29, 1.82) is 0 Å². The van der Waals surface area contributed by atoms with Gasteiger partial charge in [0.15, 0.2) is 5.78 Å². The molecule has 0 bridgehead atoms. The van der Waals surface area contributed by atoms with Gasteiger partial charge in [0.2, 0.25) is 0 Å². The van der Waals surface area contributed by atoms with Crippen LogP contribution in [0.3, 0.4) is 0 Å². The van der Waals surface area contributed by atoms with Crippen LogP contribution < -0.4 is 5.73 Å². The van der Waals surface area contributed by atoms with Crippen LogP contribution >= 0.6 is 0 Å². The first-order valence-electron chi connectivity index (χ1n) is 3.67. The molecule has 0 aliphatic heterocycles. The summed E-state index contributed by atoms with van der Waals surface area (Å²) in [5.41, 5.74) is 7.53. The first-order chi connectivity index (χ1) is 5.61. The molecule has 0 aliphatic rings. The van der Waals surface area contributed by atoms with E-state index in [1.165, 1.54) is 6.92 Å². The van der Waals surface area contributed by atoms with Crippen LogP contribution in [0.5, 0.6) is 0 Å². The Morgan fingerprint density at radius 2 is 1.67 bits per heavy atom. The number of rotatable bonds is 2. The zero-order chi connectivity index (χ0) is 9.14. The average molecular weight is 161 g/mol. The molecular formula is C10H11NO. The maximum absolute atomic E-state index is 10.9. The number of carbonyl (C=O) groups excluding carboxylic acids is 1. The second kappa shape index (κ2) is 3.22. The van der Waals surface area contributed by atoms with Crippen LogP contribution in [-0.2, 0) is 0 Å². The molecule has 0 unspecified atom stereocenters. The van der Waals surface area contributed by atoms with E-state index in [-0.39, 0.29) is 5.78 Å². The largest absolute Gasteiger partial charge is 0.399 e. The molecule has 1 aromatic carbocycles. The summed E-state index contributed by atoms with van der Waals surface area (Å²) in [6.45, 7) is 5.13. The number of nitrogens with two attached hydrogens (primary N) is 1. The zero-order valence-electron chi connectivity index (χ0n) is 7.00. The lowest BCUT2D eigenvalue weighted by Gasteiger charge is -1.99. The molecule has 0 aliphatic carbocycles. The predicted molar refractivity (Wildman–Crippen MR) is 49.7 cm³/mol. The van der Waals surface area contributed by atoms with E-state index in [1.807, 2.05) is 0 Å². The van der Waals surface area contributed by atoms with Crippen LogP contribution in [0.2, 0.25) is 0 Å². The van der Waals surface area contributed by atoms with E-state index in [1.54, 1.807) is 24.3 Å². The number of Topliss-reactive ketones (excluding diaryl/α,β-unsaturated/α-hetero) is 1. The normalized spacial score (nSPS) is 9.42. The molecule has 2 nitrogen and oxygen atoms in total. The van der Waals surface area contributed by atoms with Gasteiger partial charge in [-0.1, -0.05) is 30.8 Å². The van der Waals surface area contributed by atoms with Crippen LogP contribution in [0.4, 0.5) is 0 Å². The molecule has 2 heteroatoms. The van der Waals surface area contributed by atoms with Gasteiger partial charge >= 0.3 is 0 Å². The van der Waals surface area contributed by atoms with E-state index < -0.39 is 0 Å². The summed E-state index contributed by atoms with van der Waals surface area (Å²) < 4.78 is 0. The Bertz CT molecular complexity index is 278. The maximum atomic E-state index is 10.9. The van der Waals surface area contributed by atoms with E-state index in [4.69, 9.17) is 5.73 Å². The van der Waals surface area contributed by atoms with E-state index in [9.17, 15) is 4.79 Å². The lowest BCUT2D eigenvalue weighted by molar-refractivity contribution is 0.101. The van der Waals surface area contributed by atoms with Gasteiger partial charge in [-0.25, -0.2) is 0 Å². The summed E-state index contributed by atoms with van der Waals surface area (Å²) in [4.78, 5) is 10.9. The second-order valence-electron chi connectivity index (χ2n) is 2.66. The van der Waals surface area contributed by atoms with Crippen LogP contribution in [0, 0.1) is 0 Å². The second-order valence-corrected chi connectivity index (χ2v) is 2.66. The average Bonchev–Trinajstić information content (AvgIpc) is 2.04. The van der Waals surface area contributed by atoms with Gasteiger partial charge in [0.1, 0.15) is 0 Å². The van der Waals surface area contributed by atoms with Crippen molar-refractivity contribution in [2.24, 2.45) is 5.73 Å². The Morgan fingerprint density at radius 1 is 1.25 bits per heavy atom. The van der Waals surface area contributed by atoms with Gasteiger partial charge in [-0.05, 0) is 12.5 Å². The summed E-state index contributed by atoms with van der Waals surface area (Å²) >= 11 is 0. The number of ketones is 1. The van der Waals surface area contributed by atoms with Gasteiger partial charge in [-0.3, -0.25) is 4.79 Å². The van der Waals surface area contributed by atoms with E-state index in [0.717, 1.165) is 5.56 Å². The van der Waals surface area contributed by atoms with Crippen LogP contribution in [0.1, 0.15) is 22.8 Å². The van der Waals surface area contributed by atoms with Gasteiger partial charge in [0.25, 0.3) is 0 Å². The van der Waals surface area contributed by atoms with Gasteiger partial charge in [-0.2, -0.15) is 0 Å². The highest BCUT2D eigenvalue weighted by atomic mass is 16.1. The minimum atomic E-state index is 0.0594. The third kappa shape index (κ3) is 1.72. The number of hydrogen-bond acceptors (Lipinski definition) is 2. The highest BCUT2D eigenvalue weighted by Gasteiger charge is 1.98. The lowest BCUT2D eigenvalue weighted by atomic mass is 10.1. The minimum Gasteiger partial charge on any atom is -0.399 e. The quantitative estimate of drug-likeness (QED) is 0.672. The molecule has 0 aromatic heterocycles. The van der Waals surface area contributed by atoms with Crippen molar-refractivity contribution in [2.45, 2.75) is 6.92 Å². The molecule has 0 radical (unpaired) electrons. The first kappa shape index (κ1) is 8.53. The third-order valence-electron chi connectivity index (χ3n) is 1.66. The Morgan fingerprint density at radius 3 is 2.00 bits per heavy atom. The summed E-state index contributed by atoms with van der Waals surface area (Å²) in [6, 6.07) is 7.07. The Hall–Kier alpha value is -1.57. The fourth-order valence-electron chi connectivity index (χ4n) is 0.919. The highest BCUT2D eigenvalue weighted by Crippen LogP contribution is 2.08. The standard InChI is InChI=1S/C10H11NO/c1-7(11)9-3-5-10(6-4-9)8(2)12/h3-6H,1,11H2,2H3. The van der Waals surface area contributed by atoms with Crippen molar-refractivity contribution in [1.82, 2.24) is 0 Å². The SMILES string of the molecule is C=C(N)c1ccc(C(C)=O)cc1. The fraction of sp³-hybridized carbons (Fsp3) is 0.100. The van der Waals surface area contributed by atoms with Gasteiger partial charge in [-0.15, -0.1) is 0 Å². The maximum Gasteiger partial charge on any atom is 0.159 e. The van der Waals surface area contributed by atoms with Crippen molar-refractivity contribution in [3.63, 3.8) is 0 Å². The smallest absolute Gasteiger partial charge is 0.159 e. The lowest BCUT2D eigenvalue weighted by Crippen LogP contribution is -1.96. The van der Waals surface area contributed by atoms with Crippen LogP contribution in [0.15, 0.2) is 30.8 Å².